The van der Waals surface area contributed by atoms with Gasteiger partial charge in [0.1, 0.15) is 17.3 Å². The number of aliphatic hydroxyl groups excluding tert-OH is 1. The minimum Gasteiger partial charge on any atom is -0.507 e. The van der Waals surface area contributed by atoms with Crippen molar-refractivity contribution in [1.29, 1.82) is 0 Å². The van der Waals surface area contributed by atoms with Crippen molar-refractivity contribution in [3.63, 3.8) is 0 Å². The highest BCUT2D eigenvalue weighted by Crippen LogP contribution is 2.41. The van der Waals surface area contributed by atoms with Crippen LogP contribution in [0.25, 0.3) is 5.76 Å². The summed E-state index contributed by atoms with van der Waals surface area (Å²) in [5, 5.41) is 11.4. The molecule has 0 bridgehead atoms. The summed E-state index contributed by atoms with van der Waals surface area (Å²) in [5.74, 6) is -0.291. The third kappa shape index (κ3) is 5.45. The van der Waals surface area contributed by atoms with Crippen LogP contribution in [0.1, 0.15) is 36.6 Å². The molecule has 7 nitrogen and oxygen atoms in total. The maximum absolute atomic E-state index is 13.4. The second-order valence-electron chi connectivity index (χ2n) is 8.95. The summed E-state index contributed by atoms with van der Waals surface area (Å²) in [6.07, 6.45) is 0. The predicted octanol–water partition coefficient (Wildman–Crippen LogP) is 5.17. The summed E-state index contributed by atoms with van der Waals surface area (Å²) in [6, 6.07) is 21.2. The molecule has 0 spiro atoms. The van der Waals surface area contributed by atoms with E-state index in [1.54, 1.807) is 24.3 Å². The Morgan fingerprint density at radius 2 is 1.54 bits per heavy atom. The standard InChI is InChI=1S/C30H32N2O5/c1-5-36-24-16-10-20(11-17-24)19-32-27(21-12-14-23(15-13-21)31(3)4)26(29(34)30(32)35)28(33)22-8-7-9-25(18-22)37-6-2/h7-18,27,33H,5-6,19H2,1-4H3/b28-26-. The number of ether oxygens (including phenoxy) is 2. The molecule has 0 saturated carbocycles. The quantitative estimate of drug-likeness (QED) is 0.248. The van der Waals surface area contributed by atoms with E-state index >= 15 is 0 Å². The molecule has 1 atom stereocenters. The molecule has 1 heterocycles. The van der Waals surface area contributed by atoms with Gasteiger partial charge in [0.25, 0.3) is 11.7 Å². The van der Waals surface area contributed by atoms with E-state index < -0.39 is 17.7 Å². The van der Waals surface area contributed by atoms with Crippen LogP contribution in [0.4, 0.5) is 5.69 Å². The molecule has 37 heavy (non-hydrogen) atoms. The van der Waals surface area contributed by atoms with Crippen LogP contribution in [-0.2, 0) is 16.1 Å². The van der Waals surface area contributed by atoms with Gasteiger partial charge in [-0.3, -0.25) is 9.59 Å². The van der Waals surface area contributed by atoms with Crippen LogP contribution < -0.4 is 14.4 Å². The maximum Gasteiger partial charge on any atom is 0.295 e. The van der Waals surface area contributed by atoms with Crippen molar-refractivity contribution in [2.45, 2.75) is 26.4 Å². The molecule has 0 aromatic heterocycles. The number of aliphatic hydroxyl groups is 1. The van der Waals surface area contributed by atoms with E-state index in [4.69, 9.17) is 9.47 Å². The molecular weight excluding hydrogens is 468 g/mol. The minimum absolute atomic E-state index is 0.0576. The monoisotopic (exact) mass is 500 g/mol. The second kappa shape index (κ2) is 11.2. The molecular formula is C30H32N2O5. The summed E-state index contributed by atoms with van der Waals surface area (Å²) < 4.78 is 11.1. The Morgan fingerprint density at radius 1 is 0.892 bits per heavy atom. The van der Waals surface area contributed by atoms with E-state index in [2.05, 4.69) is 0 Å². The molecule has 0 aliphatic carbocycles. The van der Waals surface area contributed by atoms with Crippen LogP contribution in [0.3, 0.4) is 0 Å². The van der Waals surface area contributed by atoms with Gasteiger partial charge in [0.15, 0.2) is 0 Å². The number of ketones is 1. The van der Waals surface area contributed by atoms with Crippen molar-refractivity contribution >= 4 is 23.1 Å². The smallest absolute Gasteiger partial charge is 0.295 e. The van der Waals surface area contributed by atoms with E-state index in [0.717, 1.165) is 22.6 Å². The average molecular weight is 501 g/mol. The number of anilines is 1. The zero-order valence-electron chi connectivity index (χ0n) is 21.6. The Morgan fingerprint density at radius 3 is 2.16 bits per heavy atom. The molecule has 192 valence electrons. The topological polar surface area (TPSA) is 79.3 Å². The third-order valence-corrected chi connectivity index (χ3v) is 6.27. The molecule has 0 radical (unpaired) electrons. The molecule has 1 aliphatic rings. The predicted molar refractivity (Wildman–Crippen MR) is 144 cm³/mol. The Hall–Kier alpha value is -4.26. The number of nitrogens with zero attached hydrogens (tertiary/aromatic N) is 2. The van der Waals surface area contributed by atoms with Gasteiger partial charge in [-0.05, 0) is 61.4 Å². The molecule has 3 aromatic carbocycles. The van der Waals surface area contributed by atoms with Crippen molar-refractivity contribution in [2.75, 3.05) is 32.2 Å². The Balaban J connectivity index is 1.80. The van der Waals surface area contributed by atoms with E-state index in [1.165, 1.54) is 4.90 Å². The van der Waals surface area contributed by atoms with Gasteiger partial charge in [0.05, 0.1) is 24.8 Å². The van der Waals surface area contributed by atoms with Gasteiger partial charge in [0.2, 0.25) is 0 Å². The van der Waals surface area contributed by atoms with Crippen molar-refractivity contribution in [3.8, 4) is 11.5 Å². The molecule has 1 aliphatic heterocycles. The van der Waals surface area contributed by atoms with Gasteiger partial charge >= 0.3 is 0 Å². The van der Waals surface area contributed by atoms with Crippen LogP contribution >= 0.6 is 0 Å². The lowest BCUT2D eigenvalue weighted by Crippen LogP contribution is -2.29. The van der Waals surface area contributed by atoms with E-state index in [-0.39, 0.29) is 17.9 Å². The number of Topliss-reactive ketones (excluding diaryl/α,β-unsaturated/α-hetero) is 1. The van der Waals surface area contributed by atoms with Crippen LogP contribution in [-0.4, -0.2) is 49.0 Å². The lowest BCUT2D eigenvalue weighted by molar-refractivity contribution is -0.140. The van der Waals surface area contributed by atoms with Gasteiger partial charge in [-0.15, -0.1) is 0 Å². The van der Waals surface area contributed by atoms with Gasteiger partial charge < -0.3 is 24.4 Å². The molecule has 1 fully saturated rings. The fraction of sp³-hybridized carbons (Fsp3) is 0.267. The fourth-order valence-electron chi connectivity index (χ4n) is 4.45. The largest absolute Gasteiger partial charge is 0.507 e. The zero-order chi connectivity index (χ0) is 26.5. The number of hydrogen-bond acceptors (Lipinski definition) is 6. The fourth-order valence-corrected chi connectivity index (χ4v) is 4.45. The van der Waals surface area contributed by atoms with Crippen molar-refractivity contribution in [1.82, 2.24) is 4.90 Å². The van der Waals surface area contributed by atoms with Crippen molar-refractivity contribution in [2.24, 2.45) is 0 Å². The van der Waals surface area contributed by atoms with Crippen molar-refractivity contribution in [3.05, 3.63) is 95.1 Å². The lowest BCUT2D eigenvalue weighted by atomic mass is 9.95. The molecule has 1 N–H and O–H groups in total. The van der Waals surface area contributed by atoms with Crippen molar-refractivity contribution < 1.29 is 24.2 Å². The summed E-state index contributed by atoms with van der Waals surface area (Å²) >= 11 is 0. The molecule has 7 heteroatoms. The molecule has 1 amide bonds. The maximum atomic E-state index is 13.4. The first-order chi connectivity index (χ1) is 17.8. The number of amides is 1. The summed E-state index contributed by atoms with van der Waals surface area (Å²) in [6.45, 7) is 5.01. The van der Waals surface area contributed by atoms with Gasteiger partial charge in [0, 0.05) is 31.9 Å². The number of carbonyl (C=O) groups excluding carboxylic acids is 2. The van der Waals surface area contributed by atoms with Gasteiger partial charge in [-0.1, -0.05) is 36.4 Å². The normalized spacial score (nSPS) is 16.6. The first-order valence-corrected chi connectivity index (χ1v) is 12.3. The highest BCUT2D eigenvalue weighted by atomic mass is 16.5. The minimum atomic E-state index is -0.751. The molecule has 4 rings (SSSR count). The van der Waals surface area contributed by atoms with Crippen LogP contribution in [0.2, 0.25) is 0 Å². The highest BCUT2D eigenvalue weighted by Gasteiger charge is 2.46. The summed E-state index contributed by atoms with van der Waals surface area (Å²) in [5.41, 5.74) is 3.04. The Kier molecular flexibility index (Phi) is 7.82. The van der Waals surface area contributed by atoms with Gasteiger partial charge in [-0.2, -0.15) is 0 Å². The highest BCUT2D eigenvalue weighted by molar-refractivity contribution is 6.46. The number of carbonyl (C=O) groups is 2. The lowest BCUT2D eigenvalue weighted by Gasteiger charge is -2.26. The summed E-state index contributed by atoms with van der Waals surface area (Å²) in [7, 11) is 3.89. The zero-order valence-corrected chi connectivity index (χ0v) is 21.6. The molecule has 1 saturated heterocycles. The Labute approximate surface area is 217 Å². The van der Waals surface area contributed by atoms with Gasteiger partial charge in [-0.25, -0.2) is 0 Å². The molecule has 3 aromatic rings. The number of benzene rings is 3. The SMILES string of the molecule is CCOc1ccc(CN2C(=O)C(=O)/C(=C(\O)c3cccc(OCC)c3)C2c2ccc(N(C)C)cc2)cc1. The van der Waals surface area contributed by atoms with E-state index in [9.17, 15) is 14.7 Å². The number of likely N-dealkylation sites (tertiary alicyclic amines) is 1. The third-order valence-electron chi connectivity index (χ3n) is 6.27. The number of hydrogen-bond donors (Lipinski definition) is 1. The van der Waals surface area contributed by atoms with Crippen LogP contribution in [0, 0.1) is 0 Å². The van der Waals surface area contributed by atoms with Crippen LogP contribution in [0.5, 0.6) is 11.5 Å². The second-order valence-corrected chi connectivity index (χ2v) is 8.95. The average Bonchev–Trinajstić information content (AvgIpc) is 3.15. The van der Waals surface area contributed by atoms with E-state index in [1.807, 2.05) is 81.4 Å². The first kappa shape index (κ1) is 25.8. The van der Waals surface area contributed by atoms with E-state index in [0.29, 0.717) is 24.5 Å². The first-order valence-electron chi connectivity index (χ1n) is 12.3. The number of rotatable bonds is 9. The Bertz CT molecular complexity index is 1300. The van der Waals surface area contributed by atoms with Crippen LogP contribution in [0.15, 0.2) is 78.4 Å². The molecule has 1 unspecified atom stereocenters. The summed E-state index contributed by atoms with van der Waals surface area (Å²) in [4.78, 5) is 30.2.